The maximum absolute atomic E-state index is 6.06. The summed E-state index contributed by atoms with van der Waals surface area (Å²) in [6.45, 7) is 6.11. The Morgan fingerprint density at radius 1 is 0.842 bits per heavy atom. The zero-order chi connectivity index (χ0) is 13.8. The van der Waals surface area contributed by atoms with Gasteiger partial charge in [0, 0.05) is 6.04 Å². The van der Waals surface area contributed by atoms with Crippen LogP contribution < -0.4 is 10.5 Å². The summed E-state index contributed by atoms with van der Waals surface area (Å²) in [6, 6.07) is 16.3. The van der Waals surface area contributed by atoms with Crippen molar-refractivity contribution >= 4 is 0 Å². The molecule has 0 saturated carbocycles. The molecule has 0 fully saturated rings. The van der Waals surface area contributed by atoms with E-state index in [4.69, 9.17) is 10.5 Å². The van der Waals surface area contributed by atoms with E-state index in [0.717, 1.165) is 11.3 Å². The fourth-order valence-electron chi connectivity index (χ4n) is 2.00. The molecule has 0 saturated heterocycles. The summed E-state index contributed by atoms with van der Waals surface area (Å²) < 4.78 is 6.03. The van der Waals surface area contributed by atoms with Gasteiger partial charge in [-0.1, -0.05) is 47.5 Å². The maximum Gasteiger partial charge on any atom is 0.138 e. The summed E-state index contributed by atoms with van der Waals surface area (Å²) >= 11 is 0. The summed E-state index contributed by atoms with van der Waals surface area (Å²) in [5.74, 6) is 0.855. The van der Waals surface area contributed by atoms with Gasteiger partial charge in [0.1, 0.15) is 11.9 Å². The van der Waals surface area contributed by atoms with Crippen molar-refractivity contribution in [2.24, 2.45) is 5.73 Å². The number of hydrogen-bond donors (Lipinski definition) is 1. The standard InChI is InChI=1S/C17H21NO/c1-12-4-8-15(9-5-12)17(14(3)18)19-16-10-6-13(2)7-11-16/h4-11,14,17H,18H2,1-3H3. The summed E-state index contributed by atoms with van der Waals surface area (Å²) in [6.07, 6.45) is -0.122. The summed E-state index contributed by atoms with van der Waals surface area (Å²) in [4.78, 5) is 0. The molecule has 2 heteroatoms. The number of aryl methyl sites for hydroxylation is 2. The van der Waals surface area contributed by atoms with Crippen molar-refractivity contribution in [2.45, 2.75) is 32.9 Å². The van der Waals surface area contributed by atoms with Gasteiger partial charge in [-0.3, -0.25) is 0 Å². The van der Waals surface area contributed by atoms with Gasteiger partial charge >= 0.3 is 0 Å². The molecule has 19 heavy (non-hydrogen) atoms. The molecule has 2 aromatic carbocycles. The average Bonchev–Trinajstić information content (AvgIpc) is 2.39. The van der Waals surface area contributed by atoms with Crippen molar-refractivity contribution in [2.75, 3.05) is 0 Å². The Hall–Kier alpha value is -1.80. The molecule has 100 valence electrons. The third-order valence-electron chi connectivity index (χ3n) is 3.17. The summed E-state index contributed by atoms with van der Waals surface area (Å²) in [7, 11) is 0. The van der Waals surface area contributed by atoms with E-state index in [9.17, 15) is 0 Å². The number of rotatable bonds is 4. The van der Waals surface area contributed by atoms with E-state index in [1.165, 1.54) is 11.1 Å². The van der Waals surface area contributed by atoms with Crippen molar-refractivity contribution in [1.29, 1.82) is 0 Å². The van der Waals surface area contributed by atoms with Crippen LogP contribution in [0.1, 0.15) is 29.7 Å². The van der Waals surface area contributed by atoms with Crippen LogP contribution in [0.4, 0.5) is 0 Å². The molecule has 2 nitrogen and oxygen atoms in total. The summed E-state index contributed by atoms with van der Waals surface area (Å²) in [5, 5.41) is 0. The Morgan fingerprint density at radius 2 is 1.32 bits per heavy atom. The number of nitrogens with two attached hydrogens (primary N) is 1. The zero-order valence-electron chi connectivity index (χ0n) is 11.8. The molecule has 0 spiro atoms. The van der Waals surface area contributed by atoms with Crippen LogP contribution in [0, 0.1) is 13.8 Å². The highest BCUT2D eigenvalue weighted by molar-refractivity contribution is 5.29. The maximum atomic E-state index is 6.06. The summed E-state index contributed by atoms with van der Waals surface area (Å²) in [5.41, 5.74) is 9.63. The smallest absolute Gasteiger partial charge is 0.138 e. The van der Waals surface area contributed by atoms with Crippen LogP contribution in [0.2, 0.25) is 0 Å². The second-order valence-corrected chi connectivity index (χ2v) is 5.12. The Balaban J connectivity index is 2.21. The monoisotopic (exact) mass is 255 g/mol. The van der Waals surface area contributed by atoms with Crippen LogP contribution in [0.3, 0.4) is 0 Å². The fraction of sp³-hybridized carbons (Fsp3) is 0.294. The van der Waals surface area contributed by atoms with Gasteiger partial charge in [-0.05, 0) is 38.5 Å². The van der Waals surface area contributed by atoms with E-state index in [0.29, 0.717) is 0 Å². The number of benzene rings is 2. The lowest BCUT2D eigenvalue weighted by Crippen LogP contribution is -2.29. The minimum Gasteiger partial charge on any atom is -0.484 e. The Kier molecular flexibility index (Phi) is 4.23. The minimum atomic E-state index is -0.122. The van der Waals surface area contributed by atoms with Crippen LogP contribution in [0.15, 0.2) is 48.5 Å². The van der Waals surface area contributed by atoms with Gasteiger partial charge in [0.15, 0.2) is 0 Å². The Labute approximate surface area is 115 Å². The molecule has 2 unspecified atom stereocenters. The third kappa shape index (κ3) is 3.58. The van der Waals surface area contributed by atoms with Crippen molar-refractivity contribution in [1.82, 2.24) is 0 Å². The van der Waals surface area contributed by atoms with Crippen LogP contribution >= 0.6 is 0 Å². The molecular formula is C17H21NO. The number of ether oxygens (including phenoxy) is 1. The topological polar surface area (TPSA) is 35.2 Å². The van der Waals surface area contributed by atoms with E-state index in [1.54, 1.807) is 0 Å². The predicted molar refractivity (Wildman–Crippen MR) is 79.4 cm³/mol. The normalized spacial score (nSPS) is 13.9. The first-order valence-corrected chi connectivity index (χ1v) is 6.62. The van der Waals surface area contributed by atoms with Crippen molar-refractivity contribution in [3.63, 3.8) is 0 Å². The van der Waals surface area contributed by atoms with Gasteiger partial charge in [-0.25, -0.2) is 0 Å². The van der Waals surface area contributed by atoms with Gasteiger partial charge < -0.3 is 10.5 Å². The molecule has 0 amide bonds. The van der Waals surface area contributed by atoms with Gasteiger partial charge in [0.05, 0.1) is 0 Å². The molecule has 2 aromatic rings. The van der Waals surface area contributed by atoms with Crippen LogP contribution in [0.25, 0.3) is 0 Å². The second-order valence-electron chi connectivity index (χ2n) is 5.12. The van der Waals surface area contributed by atoms with Gasteiger partial charge in [0.25, 0.3) is 0 Å². The molecule has 2 atom stereocenters. The molecule has 0 aromatic heterocycles. The molecule has 2 rings (SSSR count). The fourth-order valence-corrected chi connectivity index (χ4v) is 2.00. The molecule has 0 bridgehead atoms. The molecular weight excluding hydrogens is 234 g/mol. The van der Waals surface area contributed by atoms with Gasteiger partial charge in [-0.2, -0.15) is 0 Å². The Morgan fingerprint density at radius 3 is 1.79 bits per heavy atom. The molecule has 2 N–H and O–H groups in total. The third-order valence-corrected chi connectivity index (χ3v) is 3.17. The van der Waals surface area contributed by atoms with E-state index in [2.05, 4.69) is 38.1 Å². The van der Waals surface area contributed by atoms with Crippen molar-refractivity contribution < 1.29 is 4.74 Å². The molecule has 0 aliphatic heterocycles. The van der Waals surface area contributed by atoms with Crippen molar-refractivity contribution in [3.05, 3.63) is 65.2 Å². The van der Waals surface area contributed by atoms with Gasteiger partial charge in [0.2, 0.25) is 0 Å². The molecule has 0 aliphatic rings. The first-order valence-electron chi connectivity index (χ1n) is 6.62. The lowest BCUT2D eigenvalue weighted by atomic mass is 10.0. The van der Waals surface area contributed by atoms with Gasteiger partial charge in [-0.15, -0.1) is 0 Å². The molecule has 0 aliphatic carbocycles. The SMILES string of the molecule is Cc1ccc(OC(c2ccc(C)cc2)C(C)N)cc1. The highest BCUT2D eigenvalue weighted by atomic mass is 16.5. The minimum absolute atomic E-state index is 0.0657. The lowest BCUT2D eigenvalue weighted by molar-refractivity contribution is 0.180. The quantitative estimate of drug-likeness (QED) is 0.902. The first kappa shape index (κ1) is 13.6. The van der Waals surface area contributed by atoms with Crippen molar-refractivity contribution in [3.8, 4) is 5.75 Å². The van der Waals surface area contributed by atoms with E-state index < -0.39 is 0 Å². The number of hydrogen-bond acceptors (Lipinski definition) is 2. The first-order chi connectivity index (χ1) is 9.06. The second kappa shape index (κ2) is 5.89. The zero-order valence-corrected chi connectivity index (χ0v) is 11.8. The largest absolute Gasteiger partial charge is 0.484 e. The van der Waals surface area contributed by atoms with E-state index in [1.807, 2.05) is 31.2 Å². The predicted octanol–water partition coefficient (Wildman–Crippen LogP) is 3.77. The van der Waals surface area contributed by atoms with E-state index >= 15 is 0 Å². The highest BCUT2D eigenvalue weighted by Crippen LogP contribution is 2.24. The molecule has 0 heterocycles. The highest BCUT2D eigenvalue weighted by Gasteiger charge is 2.17. The molecule has 0 radical (unpaired) electrons. The van der Waals surface area contributed by atoms with Crippen LogP contribution in [-0.4, -0.2) is 6.04 Å². The van der Waals surface area contributed by atoms with Crippen LogP contribution in [-0.2, 0) is 0 Å². The lowest BCUT2D eigenvalue weighted by Gasteiger charge is -2.23. The van der Waals surface area contributed by atoms with E-state index in [-0.39, 0.29) is 12.1 Å². The Bertz CT molecular complexity index is 514. The average molecular weight is 255 g/mol. The van der Waals surface area contributed by atoms with Crippen LogP contribution in [0.5, 0.6) is 5.75 Å².